The number of anilines is 1. The summed E-state index contributed by atoms with van der Waals surface area (Å²) in [5, 5.41) is 22.6. The maximum atomic E-state index is 11.0. The van der Waals surface area contributed by atoms with Crippen LogP contribution in [0.25, 0.3) is 0 Å². The third kappa shape index (κ3) is 3.23. The fourth-order valence-corrected chi connectivity index (χ4v) is 2.68. The van der Waals surface area contributed by atoms with Gasteiger partial charge in [0.1, 0.15) is 0 Å². The van der Waals surface area contributed by atoms with Crippen LogP contribution in [0.4, 0.5) is 11.5 Å². The zero-order valence-electron chi connectivity index (χ0n) is 9.84. The number of halogens is 2. The predicted octanol–water partition coefficient (Wildman–Crippen LogP) is 2.26. The Kier molecular flexibility index (Phi) is 4.38. The SMILES string of the molecule is O=[N+]([O-])c1c(Cl)nc(Cl)nc1NC1CCC(CO)C1. The van der Waals surface area contributed by atoms with E-state index in [1.54, 1.807) is 0 Å². The second-order valence-electron chi connectivity index (χ2n) is 4.44. The molecule has 104 valence electrons. The van der Waals surface area contributed by atoms with E-state index in [1.165, 1.54) is 0 Å². The molecule has 1 aliphatic carbocycles. The Bertz CT molecular complexity index is 500. The standard InChI is InChI=1S/C10H12Cl2N4O3/c11-8-7(16(18)19)9(15-10(12)14-8)13-6-2-1-5(3-6)4-17/h5-6,17H,1-4H2,(H,13,14,15). The van der Waals surface area contributed by atoms with Gasteiger partial charge in [-0.2, -0.15) is 9.97 Å². The highest BCUT2D eigenvalue weighted by molar-refractivity contribution is 6.33. The monoisotopic (exact) mass is 306 g/mol. The third-order valence-electron chi connectivity index (χ3n) is 3.14. The molecule has 1 aromatic rings. The van der Waals surface area contributed by atoms with Gasteiger partial charge in [0.2, 0.25) is 16.3 Å². The molecule has 2 N–H and O–H groups in total. The summed E-state index contributed by atoms with van der Waals surface area (Å²) >= 11 is 11.4. The first-order chi connectivity index (χ1) is 9.01. The second kappa shape index (κ2) is 5.85. The van der Waals surface area contributed by atoms with Gasteiger partial charge in [0.05, 0.1) is 4.92 Å². The number of rotatable bonds is 4. The maximum absolute atomic E-state index is 11.0. The van der Waals surface area contributed by atoms with Crippen molar-refractivity contribution in [2.45, 2.75) is 25.3 Å². The molecule has 1 saturated carbocycles. The van der Waals surface area contributed by atoms with Gasteiger partial charge in [-0.25, -0.2) is 0 Å². The van der Waals surface area contributed by atoms with Crippen LogP contribution in [0.2, 0.25) is 10.4 Å². The van der Waals surface area contributed by atoms with Crippen LogP contribution in [0.3, 0.4) is 0 Å². The van der Waals surface area contributed by atoms with Gasteiger partial charge in [0.25, 0.3) is 0 Å². The molecule has 1 aliphatic rings. The zero-order chi connectivity index (χ0) is 14.0. The molecule has 0 spiro atoms. The number of aromatic nitrogens is 2. The summed E-state index contributed by atoms with van der Waals surface area (Å²) < 4.78 is 0. The summed E-state index contributed by atoms with van der Waals surface area (Å²) in [6.07, 6.45) is 2.41. The van der Waals surface area contributed by atoms with E-state index in [-0.39, 0.29) is 40.5 Å². The Morgan fingerprint density at radius 2 is 2.16 bits per heavy atom. The summed E-state index contributed by atoms with van der Waals surface area (Å²) in [5.41, 5.74) is -0.376. The molecular formula is C10H12Cl2N4O3. The van der Waals surface area contributed by atoms with Gasteiger partial charge in [0.15, 0.2) is 0 Å². The molecule has 9 heteroatoms. The predicted molar refractivity (Wildman–Crippen MR) is 70.5 cm³/mol. The number of aliphatic hydroxyl groups excluding tert-OH is 1. The summed E-state index contributed by atoms with van der Waals surface area (Å²) in [7, 11) is 0. The van der Waals surface area contributed by atoms with Gasteiger partial charge < -0.3 is 10.4 Å². The van der Waals surface area contributed by atoms with Crippen LogP contribution in [0, 0.1) is 16.0 Å². The van der Waals surface area contributed by atoms with Crippen molar-refractivity contribution in [2.24, 2.45) is 5.92 Å². The minimum absolute atomic E-state index is 0.0119. The van der Waals surface area contributed by atoms with Crippen LogP contribution >= 0.6 is 23.2 Å². The molecule has 0 radical (unpaired) electrons. The molecule has 2 rings (SSSR count). The van der Waals surface area contributed by atoms with E-state index in [9.17, 15) is 10.1 Å². The number of nitrogens with zero attached hydrogens (tertiary/aromatic N) is 3. The Balaban J connectivity index is 2.22. The Morgan fingerprint density at radius 1 is 1.42 bits per heavy atom. The van der Waals surface area contributed by atoms with Gasteiger partial charge in [-0.1, -0.05) is 11.6 Å². The third-order valence-corrected chi connectivity index (χ3v) is 3.57. The van der Waals surface area contributed by atoms with Crippen LogP contribution in [-0.4, -0.2) is 32.6 Å². The average molecular weight is 307 g/mol. The minimum atomic E-state index is -0.639. The van der Waals surface area contributed by atoms with E-state index in [0.717, 1.165) is 19.3 Å². The molecule has 0 bridgehead atoms. The molecule has 2 unspecified atom stereocenters. The number of hydrogen-bond donors (Lipinski definition) is 2. The maximum Gasteiger partial charge on any atom is 0.348 e. The van der Waals surface area contributed by atoms with Gasteiger partial charge in [0, 0.05) is 12.6 Å². The van der Waals surface area contributed by atoms with E-state index in [0.29, 0.717) is 0 Å². The molecule has 0 aliphatic heterocycles. The molecule has 19 heavy (non-hydrogen) atoms. The second-order valence-corrected chi connectivity index (χ2v) is 5.14. The summed E-state index contributed by atoms with van der Waals surface area (Å²) in [5.74, 6) is 0.239. The number of nitro groups is 1. The van der Waals surface area contributed by atoms with E-state index >= 15 is 0 Å². The summed E-state index contributed by atoms with van der Waals surface area (Å²) in [4.78, 5) is 17.7. The molecule has 0 amide bonds. The highest BCUT2D eigenvalue weighted by atomic mass is 35.5. The fraction of sp³-hybridized carbons (Fsp3) is 0.600. The van der Waals surface area contributed by atoms with Crippen LogP contribution in [-0.2, 0) is 0 Å². The summed E-state index contributed by atoms with van der Waals surface area (Å²) in [6.45, 7) is 0.117. The van der Waals surface area contributed by atoms with E-state index in [4.69, 9.17) is 28.3 Å². The Morgan fingerprint density at radius 3 is 2.74 bits per heavy atom. The fourth-order valence-electron chi connectivity index (χ4n) is 2.23. The minimum Gasteiger partial charge on any atom is -0.396 e. The molecule has 1 aromatic heterocycles. The van der Waals surface area contributed by atoms with Crippen molar-refractivity contribution >= 4 is 34.7 Å². The summed E-state index contributed by atoms with van der Waals surface area (Å²) in [6, 6.07) is 0.0119. The average Bonchev–Trinajstić information content (AvgIpc) is 2.75. The Hall–Kier alpha value is -1.18. The van der Waals surface area contributed by atoms with Crippen molar-refractivity contribution in [2.75, 3.05) is 11.9 Å². The van der Waals surface area contributed by atoms with Crippen molar-refractivity contribution < 1.29 is 10.0 Å². The topological polar surface area (TPSA) is 101 Å². The lowest BCUT2D eigenvalue weighted by Gasteiger charge is -2.13. The molecule has 2 atom stereocenters. The van der Waals surface area contributed by atoms with Crippen molar-refractivity contribution in [3.63, 3.8) is 0 Å². The molecule has 0 aromatic carbocycles. The van der Waals surface area contributed by atoms with Crippen molar-refractivity contribution in [1.82, 2.24) is 9.97 Å². The lowest BCUT2D eigenvalue weighted by Crippen LogP contribution is -2.18. The number of nitrogens with one attached hydrogen (secondary N) is 1. The first-order valence-electron chi connectivity index (χ1n) is 5.76. The molecule has 1 heterocycles. The van der Waals surface area contributed by atoms with Crippen LogP contribution in [0.1, 0.15) is 19.3 Å². The highest BCUT2D eigenvalue weighted by Crippen LogP contribution is 2.34. The van der Waals surface area contributed by atoms with Crippen molar-refractivity contribution in [3.8, 4) is 0 Å². The van der Waals surface area contributed by atoms with Gasteiger partial charge in [-0.3, -0.25) is 10.1 Å². The number of hydrogen-bond acceptors (Lipinski definition) is 6. The lowest BCUT2D eigenvalue weighted by molar-refractivity contribution is -0.384. The smallest absolute Gasteiger partial charge is 0.348 e. The first kappa shape index (κ1) is 14.2. The molecular weight excluding hydrogens is 295 g/mol. The van der Waals surface area contributed by atoms with Crippen LogP contribution in [0.15, 0.2) is 0 Å². The van der Waals surface area contributed by atoms with Gasteiger partial charge >= 0.3 is 5.69 Å². The molecule has 1 fully saturated rings. The largest absolute Gasteiger partial charge is 0.396 e. The van der Waals surface area contributed by atoms with E-state index in [1.807, 2.05) is 0 Å². The van der Waals surface area contributed by atoms with Crippen LogP contribution in [0.5, 0.6) is 0 Å². The van der Waals surface area contributed by atoms with E-state index in [2.05, 4.69) is 15.3 Å². The van der Waals surface area contributed by atoms with Crippen molar-refractivity contribution in [1.29, 1.82) is 0 Å². The Labute approximate surface area is 119 Å². The zero-order valence-corrected chi connectivity index (χ0v) is 11.4. The normalized spacial score (nSPS) is 22.5. The molecule has 0 saturated heterocycles. The van der Waals surface area contributed by atoms with Gasteiger partial charge in [-0.15, -0.1) is 0 Å². The van der Waals surface area contributed by atoms with Crippen molar-refractivity contribution in [3.05, 3.63) is 20.6 Å². The van der Waals surface area contributed by atoms with Gasteiger partial charge in [-0.05, 0) is 36.8 Å². The first-order valence-corrected chi connectivity index (χ1v) is 6.51. The molecule has 7 nitrogen and oxygen atoms in total. The lowest BCUT2D eigenvalue weighted by atomic mass is 10.1. The highest BCUT2D eigenvalue weighted by Gasteiger charge is 2.29. The van der Waals surface area contributed by atoms with Crippen LogP contribution < -0.4 is 5.32 Å². The quantitative estimate of drug-likeness (QED) is 0.383. The number of aliphatic hydroxyl groups is 1. The van der Waals surface area contributed by atoms with E-state index < -0.39 is 4.92 Å².